The lowest BCUT2D eigenvalue weighted by Gasteiger charge is -2.30. The van der Waals surface area contributed by atoms with Crippen molar-refractivity contribution < 1.29 is 68.4 Å². The van der Waals surface area contributed by atoms with Gasteiger partial charge in [0.1, 0.15) is 48.0 Å². The molecule has 1 aromatic rings. The van der Waals surface area contributed by atoms with Crippen LogP contribution in [0, 0.1) is 5.41 Å². The van der Waals surface area contributed by atoms with E-state index in [1.54, 1.807) is 0 Å². The Morgan fingerprint density at radius 3 is 1.89 bits per heavy atom. The van der Waals surface area contributed by atoms with Crippen molar-refractivity contribution in [2.24, 2.45) is 11.5 Å². The molecule has 65 heavy (non-hydrogen) atoms. The van der Waals surface area contributed by atoms with Gasteiger partial charge in [-0.05, 0) is 43.4 Å². The molecular formula is C37H56N12O14S2. The van der Waals surface area contributed by atoms with E-state index in [9.17, 15) is 68.4 Å². The van der Waals surface area contributed by atoms with Gasteiger partial charge in [0.05, 0.1) is 26.1 Å². The van der Waals surface area contributed by atoms with Crippen LogP contribution >= 0.6 is 25.3 Å². The highest BCUT2D eigenvalue weighted by Crippen LogP contribution is 2.19. The first-order valence-corrected chi connectivity index (χ1v) is 21.2. The smallest absolute Gasteiger partial charge is 0.326 e. The van der Waals surface area contributed by atoms with Gasteiger partial charge < -0.3 is 79.3 Å². The van der Waals surface area contributed by atoms with Crippen LogP contribution in [0.5, 0.6) is 5.75 Å². The summed E-state index contributed by atoms with van der Waals surface area (Å²) in [6.45, 7) is -2.19. The number of likely N-dealkylation sites (tertiary alicyclic amines) is 1. The molecular weight excluding hydrogens is 901 g/mol. The Hall–Kier alpha value is -6.39. The number of benzene rings is 1. The van der Waals surface area contributed by atoms with E-state index >= 15 is 0 Å². The van der Waals surface area contributed by atoms with E-state index in [1.807, 2.05) is 0 Å². The highest BCUT2D eigenvalue weighted by atomic mass is 32.1. The first kappa shape index (κ1) is 54.7. The van der Waals surface area contributed by atoms with Gasteiger partial charge in [-0.15, -0.1) is 0 Å². The third kappa shape index (κ3) is 18.7. The van der Waals surface area contributed by atoms with Crippen LogP contribution in [-0.4, -0.2) is 177 Å². The van der Waals surface area contributed by atoms with Crippen LogP contribution in [0.1, 0.15) is 37.7 Å². The number of hydrogen-bond acceptors (Lipinski definition) is 16. The lowest BCUT2D eigenvalue weighted by molar-refractivity contribution is -0.144. The maximum Gasteiger partial charge on any atom is 0.326 e. The molecule has 1 fully saturated rings. The standard InChI is InChI=1S/C37H56N12O14S2/c38-13-27(52)44-24(16-64)30(56)42-14-28(53)43-20(3-1-9-41-37(39)40)31(57)45-21(12-29(54)55)32(58)47-23(15-50)35(61)49-10-2-4-26(49)34(60)48-25(17-65)33(59)46-22(36(62)63)11-18-5-7-19(51)8-6-18/h5-8,20-26,50-51,64-65H,1-4,9-17,38H2,(H,42,56)(H,43,53)(H,44,52)(H,45,57)(H,46,59)(H,47,58)(H,48,60)(H,54,55)(H,62,63)(H4,39,40,41)/t20-,21-,22+,23-,24+,25+,26-/m0/s1. The van der Waals surface area contributed by atoms with Crippen molar-refractivity contribution in [2.75, 3.05) is 44.3 Å². The molecule has 0 unspecified atom stereocenters. The molecule has 0 spiro atoms. The molecule has 2 rings (SSSR count). The van der Waals surface area contributed by atoms with Gasteiger partial charge in [-0.2, -0.15) is 25.3 Å². The van der Waals surface area contributed by atoms with Crippen LogP contribution in [0.15, 0.2) is 24.3 Å². The Morgan fingerprint density at radius 1 is 0.754 bits per heavy atom. The third-order valence-electron chi connectivity index (χ3n) is 9.53. The first-order chi connectivity index (χ1) is 30.7. The van der Waals surface area contributed by atoms with E-state index in [0.717, 1.165) is 4.90 Å². The van der Waals surface area contributed by atoms with Gasteiger partial charge >= 0.3 is 11.9 Å². The normalized spacial score (nSPS) is 15.9. The quantitative estimate of drug-likeness (QED) is 0.0169. The number of nitrogens with zero attached hydrogens (tertiary/aromatic N) is 1. The lowest BCUT2D eigenvalue weighted by Crippen LogP contribution is -2.60. The predicted octanol–water partition coefficient (Wildman–Crippen LogP) is -6.42. The van der Waals surface area contributed by atoms with Crippen LogP contribution < -0.4 is 54.0 Å². The summed E-state index contributed by atoms with van der Waals surface area (Å²) < 4.78 is 0. The molecule has 0 aromatic heterocycles. The number of amides is 8. The van der Waals surface area contributed by atoms with Crippen LogP contribution in [0.25, 0.3) is 0 Å². The molecule has 0 radical (unpaired) electrons. The molecule has 1 saturated heterocycles. The molecule has 1 aromatic carbocycles. The lowest BCUT2D eigenvalue weighted by atomic mass is 10.1. The number of aliphatic hydroxyl groups is 1. The second-order valence-corrected chi connectivity index (χ2v) is 15.2. The van der Waals surface area contributed by atoms with E-state index in [1.165, 1.54) is 24.3 Å². The van der Waals surface area contributed by atoms with Crippen molar-refractivity contribution >= 4 is 90.4 Å². The molecule has 0 bridgehead atoms. The minimum absolute atomic E-state index is 0.0425. The second kappa shape index (κ2) is 27.7. The number of aliphatic hydroxyl groups excluding tert-OH is 1. The molecule has 1 heterocycles. The number of carboxylic acid groups (broad SMARTS) is 2. The van der Waals surface area contributed by atoms with Crippen molar-refractivity contribution in [1.82, 2.24) is 47.4 Å². The zero-order valence-electron chi connectivity index (χ0n) is 34.9. The maximum absolute atomic E-state index is 13.7. The average Bonchev–Trinajstić information content (AvgIpc) is 3.76. The number of carbonyl (C=O) groups is 10. The number of hydrogen-bond donors (Lipinski definition) is 17. The number of aliphatic carboxylic acids is 2. The Bertz CT molecular complexity index is 1900. The summed E-state index contributed by atoms with van der Waals surface area (Å²) in [4.78, 5) is 129. The number of guanidine groups is 1. The molecule has 1 aliphatic rings. The van der Waals surface area contributed by atoms with Gasteiger partial charge in [0.25, 0.3) is 0 Å². The average molecular weight is 957 g/mol. The van der Waals surface area contributed by atoms with Crippen molar-refractivity contribution in [3.8, 4) is 5.75 Å². The Labute approximate surface area is 382 Å². The molecule has 360 valence electrons. The van der Waals surface area contributed by atoms with Crippen molar-refractivity contribution in [3.05, 3.63) is 29.8 Å². The second-order valence-electron chi connectivity index (χ2n) is 14.4. The Kier molecular flexibility index (Phi) is 23.3. The minimum Gasteiger partial charge on any atom is -0.508 e. The third-order valence-corrected chi connectivity index (χ3v) is 10.3. The van der Waals surface area contributed by atoms with E-state index < -0.39 is 134 Å². The molecule has 8 amide bonds. The molecule has 28 heteroatoms. The summed E-state index contributed by atoms with van der Waals surface area (Å²) in [5.41, 5.74) is 11.0. The number of aromatic hydroxyl groups is 1. The zero-order valence-corrected chi connectivity index (χ0v) is 36.7. The van der Waals surface area contributed by atoms with E-state index in [0.29, 0.717) is 5.56 Å². The van der Waals surface area contributed by atoms with Crippen LogP contribution in [-0.2, 0) is 54.4 Å². The summed E-state index contributed by atoms with van der Waals surface area (Å²) in [5, 5.41) is 65.0. The van der Waals surface area contributed by atoms with Gasteiger partial charge in [0.15, 0.2) is 5.96 Å². The van der Waals surface area contributed by atoms with Crippen LogP contribution in [0.3, 0.4) is 0 Å². The van der Waals surface area contributed by atoms with Gasteiger partial charge in [0.2, 0.25) is 47.3 Å². The van der Waals surface area contributed by atoms with Crippen molar-refractivity contribution in [2.45, 2.75) is 80.8 Å². The number of rotatable bonds is 27. The molecule has 1 aliphatic heterocycles. The number of carboxylic acids is 2. The molecule has 7 atom stereocenters. The summed E-state index contributed by atoms with van der Waals surface area (Å²) in [5.74, 6) is -11.4. The minimum atomic E-state index is -1.91. The molecule has 17 N–H and O–H groups in total. The summed E-state index contributed by atoms with van der Waals surface area (Å²) in [7, 11) is 0. The van der Waals surface area contributed by atoms with Crippen LogP contribution in [0.4, 0.5) is 0 Å². The number of phenols is 1. The van der Waals surface area contributed by atoms with Crippen molar-refractivity contribution in [3.63, 3.8) is 0 Å². The molecule has 0 aliphatic carbocycles. The van der Waals surface area contributed by atoms with E-state index in [4.69, 9.17) is 16.9 Å². The van der Waals surface area contributed by atoms with Gasteiger partial charge in [-0.25, -0.2) is 4.79 Å². The van der Waals surface area contributed by atoms with Crippen LogP contribution in [0.2, 0.25) is 0 Å². The highest BCUT2D eigenvalue weighted by molar-refractivity contribution is 7.80. The van der Waals surface area contributed by atoms with E-state index in [-0.39, 0.29) is 62.4 Å². The Balaban J connectivity index is 2.17. The number of carbonyl (C=O) groups excluding carboxylic acids is 8. The van der Waals surface area contributed by atoms with E-state index in [2.05, 4.69) is 67.8 Å². The topological polar surface area (TPSA) is 427 Å². The summed E-state index contributed by atoms with van der Waals surface area (Å²) >= 11 is 8.10. The van der Waals surface area contributed by atoms with Gasteiger partial charge in [0, 0.05) is 31.0 Å². The number of thiol groups is 2. The molecule has 26 nitrogen and oxygen atoms in total. The number of nitrogens with one attached hydrogen (secondary N) is 9. The summed E-state index contributed by atoms with van der Waals surface area (Å²) in [6, 6.07) is -4.78. The zero-order chi connectivity index (χ0) is 48.8. The van der Waals surface area contributed by atoms with Gasteiger partial charge in [-0.1, -0.05) is 12.1 Å². The monoisotopic (exact) mass is 956 g/mol. The highest BCUT2D eigenvalue weighted by Gasteiger charge is 2.40. The number of phenolic OH excluding ortho intramolecular Hbond substituents is 1. The molecule has 0 saturated carbocycles. The summed E-state index contributed by atoms with van der Waals surface area (Å²) in [6.07, 6.45) is -0.974. The fourth-order valence-electron chi connectivity index (χ4n) is 6.20. The Morgan fingerprint density at radius 2 is 1.32 bits per heavy atom. The number of nitrogens with two attached hydrogens (primary N) is 2. The fraction of sp³-hybridized carbons (Fsp3) is 0.541. The van der Waals surface area contributed by atoms with Crippen molar-refractivity contribution in [1.29, 1.82) is 5.41 Å². The fourth-order valence-corrected chi connectivity index (χ4v) is 6.71. The van der Waals surface area contributed by atoms with Gasteiger partial charge in [-0.3, -0.25) is 48.6 Å². The SMILES string of the molecule is N=C(N)NCCC[C@H](NC(=O)CNC(=O)[C@@H](CS)NC(=O)CN)C(=O)N[C@@H](CC(=O)O)C(=O)N[C@@H](CO)C(=O)N1CCC[C@H]1C(=O)N[C@H](CS)C(=O)N[C@H](Cc1ccc(O)cc1)C(=O)O. The predicted molar refractivity (Wildman–Crippen MR) is 234 cm³/mol. The first-order valence-electron chi connectivity index (χ1n) is 20.0. The maximum atomic E-state index is 13.7. The largest absolute Gasteiger partial charge is 0.508 e.